The van der Waals surface area contributed by atoms with Gasteiger partial charge in [-0.15, -0.1) is 10.2 Å². The highest BCUT2D eigenvalue weighted by Gasteiger charge is 2.13. The van der Waals surface area contributed by atoms with Gasteiger partial charge in [-0.1, -0.05) is 11.6 Å². The normalized spacial score (nSPS) is 10.4. The number of halogens is 1. The second kappa shape index (κ2) is 5.41. The molecule has 18 heavy (non-hydrogen) atoms. The lowest BCUT2D eigenvalue weighted by Crippen LogP contribution is -2.16. The van der Waals surface area contributed by atoms with Gasteiger partial charge in [-0.3, -0.25) is 9.36 Å². The van der Waals surface area contributed by atoms with Crippen LogP contribution in [0.1, 0.15) is 0 Å². The molecule has 94 valence electrons. The Hall–Kier alpha value is -1.53. The van der Waals surface area contributed by atoms with Crippen molar-refractivity contribution in [1.29, 1.82) is 0 Å². The molecule has 0 spiro atoms. The van der Waals surface area contributed by atoms with Gasteiger partial charge < -0.3 is 4.90 Å². The molecule has 0 atom stereocenters. The van der Waals surface area contributed by atoms with E-state index in [2.05, 4.69) is 10.2 Å². The Kier molecular flexibility index (Phi) is 3.88. The standard InChI is InChI=1S/C11H11ClN4OS/c1-15(2)11(17)18-10-14-13-7-16(10)9-5-3-8(12)4-6-9/h3-7H,1-2H3. The molecule has 0 aliphatic carbocycles. The minimum Gasteiger partial charge on any atom is -0.339 e. The number of benzene rings is 1. The highest BCUT2D eigenvalue weighted by atomic mass is 35.5. The van der Waals surface area contributed by atoms with Crippen LogP contribution in [0, 0.1) is 0 Å². The van der Waals surface area contributed by atoms with E-state index in [4.69, 9.17) is 11.6 Å². The summed E-state index contributed by atoms with van der Waals surface area (Å²) >= 11 is 6.86. The van der Waals surface area contributed by atoms with E-state index in [1.807, 2.05) is 12.1 Å². The molecule has 1 heterocycles. The van der Waals surface area contributed by atoms with Gasteiger partial charge in [0, 0.05) is 36.6 Å². The van der Waals surface area contributed by atoms with Gasteiger partial charge in [0.25, 0.3) is 5.24 Å². The second-order valence-corrected chi connectivity index (χ2v) is 5.08. The van der Waals surface area contributed by atoms with Gasteiger partial charge in [-0.05, 0) is 24.3 Å². The molecule has 0 saturated carbocycles. The van der Waals surface area contributed by atoms with E-state index in [0.29, 0.717) is 10.2 Å². The van der Waals surface area contributed by atoms with Crippen molar-refractivity contribution >= 4 is 28.6 Å². The zero-order valence-corrected chi connectivity index (χ0v) is 11.4. The molecule has 2 aromatic rings. The highest BCUT2D eigenvalue weighted by molar-refractivity contribution is 8.13. The fraction of sp³-hybridized carbons (Fsp3) is 0.182. The predicted molar refractivity (Wildman–Crippen MR) is 71.3 cm³/mol. The molecule has 7 heteroatoms. The topological polar surface area (TPSA) is 51.0 Å². The molecule has 0 N–H and O–H groups in total. The summed E-state index contributed by atoms with van der Waals surface area (Å²) in [5.41, 5.74) is 0.860. The first-order valence-corrected chi connectivity index (χ1v) is 6.32. The first-order valence-electron chi connectivity index (χ1n) is 5.13. The molecule has 1 amide bonds. The predicted octanol–water partition coefficient (Wildman–Crippen LogP) is 2.69. The number of hydrogen-bond acceptors (Lipinski definition) is 4. The van der Waals surface area contributed by atoms with E-state index >= 15 is 0 Å². The molecule has 0 aliphatic heterocycles. The van der Waals surface area contributed by atoms with Gasteiger partial charge in [0.2, 0.25) is 5.16 Å². The summed E-state index contributed by atoms with van der Waals surface area (Å²) in [5.74, 6) is 0. The minimum absolute atomic E-state index is 0.0989. The maximum Gasteiger partial charge on any atom is 0.288 e. The summed E-state index contributed by atoms with van der Waals surface area (Å²) in [4.78, 5) is 13.1. The zero-order chi connectivity index (χ0) is 13.1. The quantitative estimate of drug-likeness (QED) is 0.795. The lowest BCUT2D eigenvalue weighted by atomic mass is 10.3. The van der Waals surface area contributed by atoms with E-state index < -0.39 is 0 Å². The van der Waals surface area contributed by atoms with E-state index in [-0.39, 0.29) is 5.24 Å². The number of carbonyl (C=O) groups is 1. The number of thioether (sulfide) groups is 1. The molecule has 0 fully saturated rings. The average Bonchev–Trinajstić information content (AvgIpc) is 2.78. The second-order valence-electron chi connectivity index (χ2n) is 3.72. The van der Waals surface area contributed by atoms with Crippen LogP contribution < -0.4 is 0 Å². The summed E-state index contributed by atoms with van der Waals surface area (Å²) in [5, 5.41) is 8.84. The molecule has 0 saturated heterocycles. The third-order valence-corrected chi connectivity index (χ3v) is 3.42. The number of rotatable bonds is 2. The molecule has 1 aromatic carbocycles. The van der Waals surface area contributed by atoms with Gasteiger partial charge in [-0.2, -0.15) is 0 Å². The molecular formula is C11H11ClN4OS. The summed E-state index contributed by atoms with van der Waals surface area (Å²) in [6.45, 7) is 0. The van der Waals surface area contributed by atoms with Crippen LogP contribution in [-0.4, -0.2) is 39.0 Å². The highest BCUT2D eigenvalue weighted by Crippen LogP contribution is 2.22. The Morgan fingerprint density at radius 1 is 1.33 bits per heavy atom. The number of amides is 1. The molecule has 5 nitrogen and oxygen atoms in total. The first-order chi connectivity index (χ1) is 8.58. The van der Waals surface area contributed by atoms with Crippen LogP contribution in [0.3, 0.4) is 0 Å². The maximum atomic E-state index is 11.6. The lowest BCUT2D eigenvalue weighted by Gasteiger charge is -2.09. The van der Waals surface area contributed by atoms with Crippen molar-refractivity contribution in [2.24, 2.45) is 0 Å². The van der Waals surface area contributed by atoms with Crippen LogP contribution in [0.25, 0.3) is 5.69 Å². The number of hydrogen-bond donors (Lipinski definition) is 0. The van der Waals surface area contributed by atoms with Crippen molar-refractivity contribution in [3.05, 3.63) is 35.6 Å². The molecule has 0 bridgehead atoms. The van der Waals surface area contributed by atoms with Gasteiger partial charge in [0.05, 0.1) is 0 Å². The van der Waals surface area contributed by atoms with Gasteiger partial charge in [0.1, 0.15) is 6.33 Å². The van der Waals surface area contributed by atoms with Gasteiger partial charge >= 0.3 is 0 Å². The average molecular weight is 283 g/mol. The largest absolute Gasteiger partial charge is 0.339 e. The van der Waals surface area contributed by atoms with Crippen LogP contribution in [0.5, 0.6) is 0 Å². The lowest BCUT2D eigenvalue weighted by molar-refractivity contribution is 0.241. The number of aromatic nitrogens is 3. The first kappa shape index (κ1) is 12.9. The van der Waals surface area contributed by atoms with E-state index in [9.17, 15) is 4.79 Å². The SMILES string of the molecule is CN(C)C(=O)Sc1nncn1-c1ccc(Cl)cc1. The molecule has 0 unspecified atom stereocenters. The van der Waals surface area contributed by atoms with Gasteiger partial charge in [-0.25, -0.2) is 0 Å². The molecule has 2 rings (SSSR count). The smallest absolute Gasteiger partial charge is 0.288 e. The van der Waals surface area contributed by atoms with Gasteiger partial charge in [0.15, 0.2) is 0 Å². The zero-order valence-electron chi connectivity index (χ0n) is 9.87. The van der Waals surface area contributed by atoms with E-state index in [0.717, 1.165) is 17.4 Å². The van der Waals surface area contributed by atoms with Crippen LogP contribution in [0.15, 0.2) is 35.7 Å². The van der Waals surface area contributed by atoms with Crippen LogP contribution in [0.2, 0.25) is 5.02 Å². The Balaban J connectivity index is 2.27. The summed E-state index contributed by atoms with van der Waals surface area (Å²) in [6.07, 6.45) is 1.56. The Morgan fingerprint density at radius 2 is 2.00 bits per heavy atom. The number of carbonyl (C=O) groups excluding carboxylic acids is 1. The third-order valence-electron chi connectivity index (χ3n) is 2.17. The van der Waals surface area contributed by atoms with Crippen molar-refractivity contribution in [2.75, 3.05) is 14.1 Å². The molecular weight excluding hydrogens is 272 g/mol. The summed E-state index contributed by atoms with van der Waals surface area (Å²) in [7, 11) is 3.39. The molecule has 0 aliphatic rings. The Morgan fingerprint density at radius 3 is 2.61 bits per heavy atom. The maximum absolute atomic E-state index is 11.6. The minimum atomic E-state index is -0.0989. The van der Waals surface area contributed by atoms with Crippen molar-refractivity contribution < 1.29 is 4.79 Å². The van der Waals surface area contributed by atoms with Crippen LogP contribution in [0.4, 0.5) is 4.79 Å². The van der Waals surface area contributed by atoms with Crippen molar-refractivity contribution in [3.63, 3.8) is 0 Å². The molecule has 0 radical (unpaired) electrons. The number of nitrogens with zero attached hydrogens (tertiary/aromatic N) is 4. The fourth-order valence-corrected chi connectivity index (χ4v) is 2.05. The summed E-state index contributed by atoms with van der Waals surface area (Å²) < 4.78 is 1.74. The van der Waals surface area contributed by atoms with Crippen molar-refractivity contribution in [1.82, 2.24) is 19.7 Å². The fourth-order valence-electron chi connectivity index (χ4n) is 1.24. The molecule has 1 aromatic heterocycles. The van der Waals surface area contributed by atoms with E-state index in [1.165, 1.54) is 4.90 Å². The van der Waals surface area contributed by atoms with E-state index in [1.54, 1.807) is 37.1 Å². The van der Waals surface area contributed by atoms with Crippen molar-refractivity contribution in [2.45, 2.75) is 5.16 Å². The Labute approximate surface area is 114 Å². The van der Waals surface area contributed by atoms with Crippen LogP contribution in [-0.2, 0) is 0 Å². The summed E-state index contributed by atoms with van der Waals surface area (Å²) in [6, 6.07) is 7.24. The third kappa shape index (κ3) is 2.83. The van der Waals surface area contributed by atoms with Crippen LogP contribution >= 0.6 is 23.4 Å². The van der Waals surface area contributed by atoms with Crippen molar-refractivity contribution in [3.8, 4) is 5.69 Å². The Bertz CT molecular complexity index is 552. The monoisotopic (exact) mass is 282 g/mol.